The van der Waals surface area contributed by atoms with Gasteiger partial charge in [0.25, 0.3) is 17.4 Å². The van der Waals surface area contributed by atoms with Crippen LogP contribution in [-0.2, 0) is 23.7 Å². The van der Waals surface area contributed by atoms with Crippen LogP contribution in [0.5, 0.6) is 5.88 Å². The van der Waals surface area contributed by atoms with Gasteiger partial charge in [-0.2, -0.15) is 0 Å². The van der Waals surface area contributed by atoms with Gasteiger partial charge in [-0.3, -0.25) is 33.3 Å². The lowest BCUT2D eigenvalue weighted by molar-refractivity contribution is -0.133. The number of hydrogen-bond donors (Lipinski definition) is 1. The molecular formula is C19H22N4O5S. The highest BCUT2D eigenvalue weighted by molar-refractivity contribution is 7.80. The van der Waals surface area contributed by atoms with Crippen LogP contribution in [0.4, 0.5) is 0 Å². The summed E-state index contributed by atoms with van der Waals surface area (Å²) in [5.74, 6) is -1.39. The topological polar surface area (TPSA) is 105 Å². The molecule has 0 atom stereocenters. The molecule has 0 saturated carbocycles. The molecule has 29 heavy (non-hydrogen) atoms. The summed E-state index contributed by atoms with van der Waals surface area (Å²) in [6.45, 7) is 4.23. The van der Waals surface area contributed by atoms with E-state index in [1.54, 1.807) is 13.8 Å². The number of rotatable bonds is 5. The minimum Gasteiger partial charge on any atom is -0.494 e. The molecular weight excluding hydrogens is 396 g/mol. The Morgan fingerprint density at radius 2 is 1.45 bits per heavy atom. The predicted molar refractivity (Wildman–Crippen MR) is 112 cm³/mol. The van der Waals surface area contributed by atoms with E-state index in [0.29, 0.717) is 13.1 Å². The Hall–Kier alpha value is -3.27. The van der Waals surface area contributed by atoms with Crippen molar-refractivity contribution in [2.24, 2.45) is 14.1 Å². The van der Waals surface area contributed by atoms with Gasteiger partial charge in [0.1, 0.15) is 11.1 Å². The lowest BCUT2D eigenvalue weighted by Crippen LogP contribution is -2.55. The molecule has 1 aromatic rings. The summed E-state index contributed by atoms with van der Waals surface area (Å²) in [6.07, 6.45) is 7.14. The number of nitrogens with zero attached hydrogens (tertiary/aromatic N) is 4. The molecule has 1 fully saturated rings. The molecule has 1 saturated heterocycles. The van der Waals surface area contributed by atoms with E-state index >= 15 is 0 Å². The average Bonchev–Trinajstić information content (AvgIpc) is 2.69. The second kappa shape index (κ2) is 8.82. The number of amides is 2. The Balaban J connectivity index is 2.31. The van der Waals surface area contributed by atoms with Gasteiger partial charge in [-0.25, -0.2) is 4.79 Å². The van der Waals surface area contributed by atoms with E-state index in [-0.39, 0.29) is 16.2 Å². The first-order valence-electron chi connectivity index (χ1n) is 8.88. The van der Waals surface area contributed by atoms with Gasteiger partial charge in [-0.15, -0.1) is 0 Å². The van der Waals surface area contributed by atoms with Crippen LogP contribution in [0.15, 0.2) is 39.5 Å². The first-order chi connectivity index (χ1) is 13.7. The molecule has 0 aliphatic carbocycles. The highest BCUT2D eigenvalue weighted by Crippen LogP contribution is 2.17. The molecule has 1 aliphatic rings. The fraction of sp³-hybridized carbons (Fsp3) is 0.316. The van der Waals surface area contributed by atoms with Crippen molar-refractivity contribution >= 4 is 35.2 Å². The fourth-order valence-corrected chi connectivity index (χ4v) is 3.20. The van der Waals surface area contributed by atoms with Crippen molar-refractivity contribution in [3.63, 3.8) is 0 Å². The Kier molecular flexibility index (Phi) is 6.70. The first-order valence-corrected chi connectivity index (χ1v) is 9.29. The summed E-state index contributed by atoms with van der Waals surface area (Å²) in [5, 5.41) is 10.2. The number of thiocarbonyl (C=S) groups is 1. The minimum absolute atomic E-state index is 0.0205. The van der Waals surface area contributed by atoms with Crippen LogP contribution < -0.4 is 11.2 Å². The lowest BCUT2D eigenvalue weighted by atomic mass is 10.1. The number of carbonyl (C=O) groups is 2. The molecule has 2 rings (SSSR count). The summed E-state index contributed by atoms with van der Waals surface area (Å²) in [7, 11) is 2.66. The van der Waals surface area contributed by atoms with Crippen molar-refractivity contribution in [2.45, 2.75) is 13.8 Å². The van der Waals surface area contributed by atoms with Gasteiger partial charge < -0.3 is 5.11 Å². The Morgan fingerprint density at radius 3 is 1.97 bits per heavy atom. The quantitative estimate of drug-likeness (QED) is 0.319. The van der Waals surface area contributed by atoms with Gasteiger partial charge in [-0.1, -0.05) is 18.2 Å². The van der Waals surface area contributed by atoms with Gasteiger partial charge in [-0.05, 0) is 38.2 Å². The molecule has 0 spiro atoms. The molecule has 2 heterocycles. The van der Waals surface area contributed by atoms with Crippen molar-refractivity contribution in [1.82, 2.24) is 18.9 Å². The van der Waals surface area contributed by atoms with Gasteiger partial charge in [0.15, 0.2) is 5.11 Å². The standard InChI is InChI=1S/C19H22N4O5S/c1-5-22-16(26)13(17(27)23(6-2)19(22)29)11-9-7-8-10-12-14(24)20(3)18(28)21(4)15(12)25/h7-11,24H,5-6H2,1-4H3. The number of aromatic hydroxyl groups is 1. The molecule has 10 heteroatoms. The smallest absolute Gasteiger partial charge is 0.333 e. The number of carbonyl (C=O) groups excluding carboxylic acids is 2. The Morgan fingerprint density at radius 1 is 0.897 bits per heavy atom. The van der Waals surface area contributed by atoms with Crippen molar-refractivity contribution in [1.29, 1.82) is 0 Å². The van der Waals surface area contributed by atoms with E-state index in [9.17, 15) is 24.3 Å². The number of aromatic nitrogens is 2. The van der Waals surface area contributed by atoms with Crippen molar-refractivity contribution < 1.29 is 14.7 Å². The molecule has 1 aromatic heterocycles. The van der Waals surface area contributed by atoms with E-state index in [2.05, 4.69) is 0 Å². The van der Waals surface area contributed by atoms with Gasteiger partial charge >= 0.3 is 5.69 Å². The molecule has 154 valence electrons. The lowest BCUT2D eigenvalue weighted by Gasteiger charge is -2.35. The maximum Gasteiger partial charge on any atom is 0.333 e. The minimum atomic E-state index is -0.642. The maximum absolute atomic E-state index is 12.5. The van der Waals surface area contributed by atoms with Crippen LogP contribution in [0.1, 0.15) is 19.4 Å². The van der Waals surface area contributed by atoms with Gasteiger partial charge in [0.05, 0.1) is 0 Å². The molecule has 1 aliphatic heterocycles. The van der Waals surface area contributed by atoms with E-state index in [4.69, 9.17) is 12.2 Å². The third-order valence-corrected chi connectivity index (χ3v) is 4.90. The summed E-state index contributed by atoms with van der Waals surface area (Å²) in [5.41, 5.74) is -1.36. The highest BCUT2D eigenvalue weighted by atomic mass is 32.1. The Bertz CT molecular complexity index is 1050. The number of hydrogen-bond acceptors (Lipinski definition) is 6. The molecule has 9 nitrogen and oxygen atoms in total. The first kappa shape index (κ1) is 22.0. The third kappa shape index (κ3) is 3.97. The molecule has 0 radical (unpaired) electrons. The fourth-order valence-electron chi connectivity index (χ4n) is 2.78. The van der Waals surface area contributed by atoms with Crippen LogP contribution in [0, 0.1) is 0 Å². The zero-order valence-corrected chi connectivity index (χ0v) is 17.4. The zero-order chi connectivity index (χ0) is 21.9. The number of allylic oxidation sites excluding steroid dienone is 4. The SMILES string of the molecule is CCN1C(=O)C(=CC=CC=Cc2c(O)n(C)c(=O)n(C)c2=O)C(=O)N(CC)C1=S. The summed E-state index contributed by atoms with van der Waals surface area (Å²) in [6, 6.07) is 0. The molecule has 0 aromatic carbocycles. The van der Waals surface area contributed by atoms with E-state index in [1.807, 2.05) is 0 Å². The van der Waals surface area contributed by atoms with Crippen LogP contribution in [0.2, 0.25) is 0 Å². The van der Waals surface area contributed by atoms with Gasteiger partial charge in [0, 0.05) is 27.2 Å². The molecule has 0 unspecified atom stereocenters. The molecule has 2 amide bonds. The zero-order valence-electron chi connectivity index (χ0n) is 16.6. The summed E-state index contributed by atoms with van der Waals surface area (Å²) >= 11 is 5.19. The third-order valence-electron chi connectivity index (χ3n) is 4.46. The maximum atomic E-state index is 12.5. The molecule has 1 N–H and O–H groups in total. The highest BCUT2D eigenvalue weighted by Gasteiger charge is 2.37. The van der Waals surface area contributed by atoms with E-state index < -0.39 is 28.9 Å². The van der Waals surface area contributed by atoms with Crippen molar-refractivity contribution in [3.8, 4) is 5.88 Å². The summed E-state index contributed by atoms with van der Waals surface area (Å²) < 4.78 is 1.83. The molecule has 0 bridgehead atoms. The van der Waals surface area contributed by atoms with Crippen LogP contribution in [-0.4, -0.2) is 54.1 Å². The van der Waals surface area contributed by atoms with Crippen LogP contribution in [0.25, 0.3) is 6.08 Å². The van der Waals surface area contributed by atoms with Crippen LogP contribution in [0.3, 0.4) is 0 Å². The Labute approximate surface area is 172 Å². The van der Waals surface area contributed by atoms with Crippen LogP contribution >= 0.6 is 12.2 Å². The monoisotopic (exact) mass is 418 g/mol. The predicted octanol–water partition coefficient (Wildman–Crippen LogP) is 0.281. The second-order valence-electron chi connectivity index (χ2n) is 6.15. The van der Waals surface area contributed by atoms with Gasteiger partial charge in [0.2, 0.25) is 5.88 Å². The van der Waals surface area contributed by atoms with E-state index in [1.165, 1.54) is 54.3 Å². The second-order valence-corrected chi connectivity index (χ2v) is 6.51. The number of likely N-dealkylation sites (N-methyl/N-ethyl adjacent to an activating group) is 2. The van der Waals surface area contributed by atoms with E-state index in [0.717, 1.165) is 9.13 Å². The van der Waals surface area contributed by atoms with Crippen molar-refractivity contribution in [2.75, 3.05) is 13.1 Å². The largest absolute Gasteiger partial charge is 0.494 e. The average molecular weight is 418 g/mol. The van der Waals surface area contributed by atoms with Crippen molar-refractivity contribution in [3.05, 3.63) is 56.3 Å². The summed E-state index contributed by atoms with van der Waals surface area (Å²) in [4.78, 5) is 51.5. The normalized spacial score (nSPS) is 15.3.